The normalized spacial score (nSPS) is 20.3. The molecule has 1 fully saturated rings. The number of aliphatic hydroxyl groups is 1. The number of aliphatic hydroxyl groups excluding tert-OH is 1. The van der Waals surface area contributed by atoms with Gasteiger partial charge in [-0.15, -0.1) is 0 Å². The summed E-state index contributed by atoms with van der Waals surface area (Å²) in [6.07, 6.45) is -0.0966. The highest BCUT2D eigenvalue weighted by Crippen LogP contribution is 2.19. The van der Waals surface area contributed by atoms with Gasteiger partial charge in [-0.2, -0.15) is 5.26 Å². The lowest BCUT2D eigenvalue weighted by Crippen LogP contribution is -2.23. The SMILES string of the molecule is N#Cc1ccc(N2COC(CO)C2)cc1. The molecule has 1 aliphatic heterocycles. The Morgan fingerprint density at radius 2 is 2.20 bits per heavy atom. The van der Waals surface area contributed by atoms with Gasteiger partial charge in [0, 0.05) is 12.2 Å². The Bertz CT molecular complexity index is 369. The third kappa shape index (κ3) is 2.09. The number of benzene rings is 1. The number of nitriles is 1. The first kappa shape index (κ1) is 9.97. The van der Waals surface area contributed by atoms with Crippen LogP contribution in [0.2, 0.25) is 0 Å². The van der Waals surface area contributed by atoms with Gasteiger partial charge < -0.3 is 14.7 Å². The maximum absolute atomic E-state index is 8.92. The highest BCUT2D eigenvalue weighted by Gasteiger charge is 2.22. The zero-order valence-corrected chi connectivity index (χ0v) is 8.26. The molecule has 0 amide bonds. The third-order valence-electron chi connectivity index (χ3n) is 2.46. The smallest absolute Gasteiger partial charge is 0.119 e. The number of anilines is 1. The molecule has 15 heavy (non-hydrogen) atoms. The van der Waals surface area contributed by atoms with Crippen molar-refractivity contribution in [1.29, 1.82) is 5.26 Å². The quantitative estimate of drug-likeness (QED) is 0.771. The highest BCUT2D eigenvalue weighted by molar-refractivity contribution is 5.49. The van der Waals surface area contributed by atoms with Gasteiger partial charge in [-0.25, -0.2) is 0 Å². The minimum absolute atomic E-state index is 0.0484. The summed E-state index contributed by atoms with van der Waals surface area (Å²) in [6.45, 7) is 1.24. The molecule has 0 spiro atoms. The summed E-state index contributed by atoms with van der Waals surface area (Å²) < 4.78 is 5.34. The fourth-order valence-electron chi connectivity index (χ4n) is 1.58. The van der Waals surface area contributed by atoms with Gasteiger partial charge >= 0.3 is 0 Å². The van der Waals surface area contributed by atoms with E-state index in [0.717, 1.165) is 5.69 Å². The lowest BCUT2D eigenvalue weighted by atomic mass is 10.2. The summed E-state index contributed by atoms with van der Waals surface area (Å²) in [4.78, 5) is 2.03. The van der Waals surface area contributed by atoms with Crippen molar-refractivity contribution in [2.24, 2.45) is 0 Å². The summed E-state index contributed by atoms with van der Waals surface area (Å²) in [5.41, 5.74) is 1.67. The standard InChI is InChI=1S/C11H12N2O2/c12-5-9-1-3-10(4-2-9)13-6-11(7-14)15-8-13/h1-4,11,14H,6-8H2. The van der Waals surface area contributed by atoms with E-state index in [1.54, 1.807) is 12.1 Å². The molecule has 1 aliphatic rings. The summed E-state index contributed by atoms with van der Waals surface area (Å²) in [7, 11) is 0. The fourth-order valence-corrected chi connectivity index (χ4v) is 1.58. The van der Waals surface area contributed by atoms with Gasteiger partial charge in [0.05, 0.1) is 18.2 Å². The number of nitrogens with zero attached hydrogens (tertiary/aromatic N) is 2. The summed E-state index contributed by atoms with van der Waals surface area (Å²) >= 11 is 0. The zero-order valence-electron chi connectivity index (χ0n) is 8.26. The molecule has 1 N–H and O–H groups in total. The summed E-state index contributed by atoms with van der Waals surface area (Å²) in [5, 5.41) is 17.6. The van der Waals surface area contributed by atoms with Crippen LogP contribution in [0.15, 0.2) is 24.3 Å². The van der Waals surface area contributed by atoms with E-state index in [0.29, 0.717) is 18.8 Å². The monoisotopic (exact) mass is 204 g/mol. The molecule has 0 aliphatic carbocycles. The maximum Gasteiger partial charge on any atom is 0.119 e. The first-order chi connectivity index (χ1) is 7.33. The molecule has 1 atom stereocenters. The Labute approximate surface area is 88.3 Å². The van der Waals surface area contributed by atoms with Crippen molar-refractivity contribution in [3.05, 3.63) is 29.8 Å². The third-order valence-corrected chi connectivity index (χ3v) is 2.46. The van der Waals surface area contributed by atoms with Crippen LogP contribution in [0.5, 0.6) is 0 Å². The van der Waals surface area contributed by atoms with E-state index < -0.39 is 0 Å². The minimum Gasteiger partial charge on any atom is -0.394 e. The average Bonchev–Trinajstić information content (AvgIpc) is 2.78. The van der Waals surface area contributed by atoms with Gasteiger partial charge in [0.25, 0.3) is 0 Å². The van der Waals surface area contributed by atoms with Gasteiger partial charge in [0.1, 0.15) is 12.8 Å². The molecule has 78 valence electrons. The summed E-state index contributed by atoms with van der Waals surface area (Å²) in [5.74, 6) is 0. The number of hydrogen-bond donors (Lipinski definition) is 1. The maximum atomic E-state index is 8.92. The lowest BCUT2D eigenvalue weighted by molar-refractivity contribution is 0.0645. The van der Waals surface area contributed by atoms with E-state index in [-0.39, 0.29) is 12.7 Å². The molecular weight excluding hydrogens is 192 g/mol. The molecule has 1 aromatic carbocycles. The Morgan fingerprint density at radius 1 is 1.47 bits per heavy atom. The van der Waals surface area contributed by atoms with Crippen LogP contribution in [0.1, 0.15) is 5.56 Å². The Kier molecular flexibility index (Phi) is 2.86. The molecule has 4 nitrogen and oxygen atoms in total. The van der Waals surface area contributed by atoms with Crippen LogP contribution in [-0.4, -0.2) is 31.1 Å². The van der Waals surface area contributed by atoms with Crippen LogP contribution < -0.4 is 4.90 Å². The fraction of sp³-hybridized carbons (Fsp3) is 0.364. The van der Waals surface area contributed by atoms with Crippen molar-refractivity contribution in [1.82, 2.24) is 0 Å². The highest BCUT2D eigenvalue weighted by atomic mass is 16.5. The number of hydrogen-bond acceptors (Lipinski definition) is 4. The van der Waals surface area contributed by atoms with E-state index >= 15 is 0 Å². The van der Waals surface area contributed by atoms with Crippen molar-refractivity contribution < 1.29 is 9.84 Å². The van der Waals surface area contributed by atoms with Gasteiger partial charge in [-0.1, -0.05) is 0 Å². The second-order valence-electron chi connectivity index (χ2n) is 3.48. The van der Waals surface area contributed by atoms with Crippen molar-refractivity contribution in [2.45, 2.75) is 6.10 Å². The Morgan fingerprint density at radius 3 is 2.73 bits per heavy atom. The van der Waals surface area contributed by atoms with Crippen molar-refractivity contribution >= 4 is 5.69 Å². The molecule has 1 saturated heterocycles. The molecule has 1 aromatic rings. The topological polar surface area (TPSA) is 56.5 Å². The van der Waals surface area contributed by atoms with Crippen LogP contribution in [0, 0.1) is 11.3 Å². The molecule has 0 radical (unpaired) electrons. The molecule has 1 heterocycles. The molecule has 2 rings (SSSR count). The average molecular weight is 204 g/mol. The van der Waals surface area contributed by atoms with Gasteiger partial charge in [-0.05, 0) is 24.3 Å². The van der Waals surface area contributed by atoms with E-state index in [1.165, 1.54) is 0 Å². The van der Waals surface area contributed by atoms with Crippen LogP contribution in [0.4, 0.5) is 5.69 Å². The number of ether oxygens (including phenoxy) is 1. The second kappa shape index (κ2) is 4.30. The molecule has 0 saturated carbocycles. The summed E-state index contributed by atoms with van der Waals surface area (Å²) in [6, 6.07) is 9.41. The van der Waals surface area contributed by atoms with Gasteiger partial charge in [-0.3, -0.25) is 0 Å². The largest absolute Gasteiger partial charge is 0.394 e. The zero-order chi connectivity index (χ0) is 10.7. The van der Waals surface area contributed by atoms with E-state index in [2.05, 4.69) is 6.07 Å². The van der Waals surface area contributed by atoms with Crippen LogP contribution in [0.25, 0.3) is 0 Å². The lowest BCUT2D eigenvalue weighted by Gasteiger charge is -2.15. The molecule has 4 heteroatoms. The Balaban J connectivity index is 2.08. The molecule has 0 bridgehead atoms. The minimum atomic E-state index is -0.0966. The first-order valence-electron chi connectivity index (χ1n) is 4.81. The number of rotatable bonds is 2. The molecular formula is C11H12N2O2. The van der Waals surface area contributed by atoms with Crippen LogP contribution >= 0.6 is 0 Å². The van der Waals surface area contributed by atoms with Crippen molar-refractivity contribution in [3.63, 3.8) is 0 Å². The van der Waals surface area contributed by atoms with Gasteiger partial charge in [0.2, 0.25) is 0 Å². The van der Waals surface area contributed by atoms with Crippen molar-refractivity contribution in [2.75, 3.05) is 24.8 Å². The van der Waals surface area contributed by atoms with Crippen LogP contribution in [-0.2, 0) is 4.74 Å². The predicted octanol–water partition coefficient (Wildman–Crippen LogP) is 0.713. The van der Waals surface area contributed by atoms with E-state index in [9.17, 15) is 0 Å². The van der Waals surface area contributed by atoms with Crippen molar-refractivity contribution in [3.8, 4) is 6.07 Å². The molecule has 0 aromatic heterocycles. The predicted molar refractivity (Wildman–Crippen MR) is 55.3 cm³/mol. The Hall–Kier alpha value is -1.57. The van der Waals surface area contributed by atoms with E-state index in [4.69, 9.17) is 15.1 Å². The second-order valence-corrected chi connectivity index (χ2v) is 3.48. The first-order valence-corrected chi connectivity index (χ1v) is 4.81. The van der Waals surface area contributed by atoms with Crippen LogP contribution in [0.3, 0.4) is 0 Å². The molecule has 1 unspecified atom stereocenters. The van der Waals surface area contributed by atoms with Gasteiger partial charge in [0.15, 0.2) is 0 Å². The van der Waals surface area contributed by atoms with E-state index in [1.807, 2.05) is 17.0 Å².